The minimum absolute atomic E-state index is 0.0792. The normalized spacial score (nSPS) is 12.2. The van der Waals surface area contributed by atoms with Gasteiger partial charge in [0.05, 0.1) is 6.04 Å². The number of hydrogen-bond donors (Lipinski definition) is 1. The Balaban J connectivity index is 2.45. The first-order valence-electron chi connectivity index (χ1n) is 7.29. The van der Waals surface area contributed by atoms with Crippen molar-refractivity contribution in [3.05, 3.63) is 65.0 Å². The van der Waals surface area contributed by atoms with Crippen LogP contribution >= 0.6 is 0 Å². The molecular weight excluding hydrogens is 263 g/mol. The summed E-state index contributed by atoms with van der Waals surface area (Å²) in [5.41, 5.74) is 4.44. The lowest BCUT2D eigenvalue weighted by Crippen LogP contribution is -2.23. The summed E-state index contributed by atoms with van der Waals surface area (Å²) in [7, 11) is 4.06. The van der Waals surface area contributed by atoms with E-state index in [2.05, 4.69) is 41.4 Å². The topological polar surface area (TPSA) is 15.3 Å². The quantitative estimate of drug-likeness (QED) is 0.897. The molecular formula is C18H23FN2. The van der Waals surface area contributed by atoms with Crippen molar-refractivity contribution in [3.8, 4) is 0 Å². The van der Waals surface area contributed by atoms with Crippen molar-refractivity contribution >= 4 is 5.69 Å². The monoisotopic (exact) mass is 286 g/mol. The fraction of sp³-hybridized carbons (Fsp3) is 0.333. The Bertz CT molecular complexity index is 608. The van der Waals surface area contributed by atoms with Crippen LogP contribution in [-0.2, 0) is 0 Å². The lowest BCUT2D eigenvalue weighted by atomic mass is 9.94. The number of aryl methyl sites for hydroxylation is 1. The first kappa shape index (κ1) is 15.5. The Morgan fingerprint density at radius 3 is 2.52 bits per heavy atom. The molecule has 0 amide bonds. The summed E-state index contributed by atoms with van der Waals surface area (Å²) in [4.78, 5) is 2.09. The third-order valence-electron chi connectivity index (χ3n) is 3.67. The second-order valence-electron chi connectivity index (χ2n) is 5.48. The van der Waals surface area contributed by atoms with Gasteiger partial charge in [-0.2, -0.15) is 0 Å². The van der Waals surface area contributed by atoms with Crippen LogP contribution in [0.3, 0.4) is 0 Å². The van der Waals surface area contributed by atoms with E-state index in [1.54, 1.807) is 6.07 Å². The van der Waals surface area contributed by atoms with Crippen LogP contribution in [-0.4, -0.2) is 20.6 Å². The molecule has 3 heteroatoms. The molecule has 0 aromatic heterocycles. The molecule has 2 rings (SSSR count). The predicted octanol–water partition coefficient (Wildman–Crippen LogP) is 3.90. The molecule has 0 radical (unpaired) electrons. The summed E-state index contributed by atoms with van der Waals surface area (Å²) in [5.74, 6) is -0.187. The molecule has 0 spiro atoms. The molecule has 0 bridgehead atoms. The van der Waals surface area contributed by atoms with Crippen LogP contribution in [0.25, 0.3) is 0 Å². The van der Waals surface area contributed by atoms with E-state index in [-0.39, 0.29) is 11.9 Å². The van der Waals surface area contributed by atoms with Gasteiger partial charge in [0, 0.05) is 19.8 Å². The maximum Gasteiger partial charge on any atom is 0.123 e. The van der Waals surface area contributed by atoms with Gasteiger partial charge < -0.3 is 10.2 Å². The zero-order chi connectivity index (χ0) is 15.4. The van der Waals surface area contributed by atoms with E-state index >= 15 is 0 Å². The van der Waals surface area contributed by atoms with E-state index in [0.29, 0.717) is 0 Å². The number of hydrogen-bond acceptors (Lipinski definition) is 2. The van der Waals surface area contributed by atoms with Crippen LogP contribution in [0.4, 0.5) is 10.1 Å². The average molecular weight is 286 g/mol. The van der Waals surface area contributed by atoms with Crippen LogP contribution in [0.5, 0.6) is 0 Å². The molecule has 0 fully saturated rings. The van der Waals surface area contributed by atoms with Crippen LogP contribution in [0.15, 0.2) is 42.5 Å². The smallest absolute Gasteiger partial charge is 0.123 e. The van der Waals surface area contributed by atoms with Gasteiger partial charge in [-0.1, -0.05) is 25.1 Å². The molecule has 0 saturated carbocycles. The van der Waals surface area contributed by atoms with E-state index < -0.39 is 0 Å². The summed E-state index contributed by atoms with van der Waals surface area (Å²) in [6.45, 7) is 4.90. The summed E-state index contributed by atoms with van der Waals surface area (Å²) in [5, 5.41) is 3.50. The molecule has 1 unspecified atom stereocenters. The molecule has 21 heavy (non-hydrogen) atoms. The van der Waals surface area contributed by atoms with Gasteiger partial charge in [0.1, 0.15) is 5.82 Å². The lowest BCUT2D eigenvalue weighted by Gasteiger charge is -2.23. The predicted molar refractivity (Wildman–Crippen MR) is 87.4 cm³/mol. The highest BCUT2D eigenvalue weighted by Gasteiger charge is 2.16. The highest BCUT2D eigenvalue weighted by molar-refractivity contribution is 5.50. The lowest BCUT2D eigenvalue weighted by molar-refractivity contribution is 0.610. The molecule has 0 aliphatic heterocycles. The number of rotatable bonds is 5. The first-order chi connectivity index (χ1) is 10.0. The van der Waals surface area contributed by atoms with Gasteiger partial charge in [-0.3, -0.25) is 0 Å². The number of nitrogens with one attached hydrogen (secondary N) is 1. The second kappa shape index (κ2) is 6.72. The molecule has 1 N–H and O–H groups in total. The summed E-state index contributed by atoms with van der Waals surface area (Å²) < 4.78 is 13.3. The first-order valence-corrected chi connectivity index (χ1v) is 7.29. The maximum absolute atomic E-state index is 13.3. The second-order valence-corrected chi connectivity index (χ2v) is 5.48. The number of nitrogens with zero attached hydrogens (tertiary/aromatic N) is 1. The SMILES string of the molecule is CCNC(c1cccc(N(C)C)c1)c1ccc(F)cc1C. The van der Waals surface area contributed by atoms with Gasteiger partial charge in [-0.25, -0.2) is 4.39 Å². The highest BCUT2D eigenvalue weighted by Crippen LogP contribution is 2.27. The van der Waals surface area contributed by atoms with Crippen molar-refractivity contribution < 1.29 is 4.39 Å². The standard InChI is InChI=1S/C18H23FN2/c1-5-20-18(17-10-9-15(19)11-13(17)2)14-7-6-8-16(12-14)21(3)4/h6-12,18,20H,5H2,1-4H3. The zero-order valence-electron chi connectivity index (χ0n) is 13.2. The minimum Gasteiger partial charge on any atom is -0.378 e. The van der Waals surface area contributed by atoms with Crippen molar-refractivity contribution in [3.63, 3.8) is 0 Å². The summed E-state index contributed by atoms with van der Waals surface area (Å²) in [6, 6.07) is 13.5. The third kappa shape index (κ3) is 3.61. The molecule has 2 aromatic carbocycles. The number of benzene rings is 2. The van der Waals surface area contributed by atoms with Gasteiger partial charge >= 0.3 is 0 Å². The fourth-order valence-electron chi connectivity index (χ4n) is 2.56. The highest BCUT2D eigenvalue weighted by atomic mass is 19.1. The van der Waals surface area contributed by atoms with Crippen LogP contribution in [0.1, 0.15) is 29.7 Å². The Labute approximate surface area is 126 Å². The minimum atomic E-state index is -0.187. The van der Waals surface area contributed by atoms with Crippen molar-refractivity contribution in [2.24, 2.45) is 0 Å². The molecule has 0 aliphatic carbocycles. The maximum atomic E-state index is 13.3. The number of anilines is 1. The molecule has 0 saturated heterocycles. The largest absolute Gasteiger partial charge is 0.378 e. The third-order valence-corrected chi connectivity index (χ3v) is 3.67. The van der Waals surface area contributed by atoms with Gasteiger partial charge in [-0.05, 0) is 54.4 Å². The van der Waals surface area contributed by atoms with E-state index in [4.69, 9.17) is 0 Å². The van der Waals surface area contributed by atoms with E-state index in [0.717, 1.165) is 23.4 Å². The van der Waals surface area contributed by atoms with Gasteiger partial charge in [0.15, 0.2) is 0 Å². The number of halogens is 1. The van der Waals surface area contributed by atoms with Crippen molar-refractivity contribution in [2.45, 2.75) is 19.9 Å². The summed E-state index contributed by atoms with van der Waals surface area (Å²) >= 11 is 0. The summed E-state index contributed by atoms with van der Waals surface area (Å²) in [6.07, 6.45) is 0. The molecule has 2 nitrogen and oxygen atoms in total. The van der Waals surface area contributed by atoms with Crippen molar-refractivity contribution in [2.75, 3.05) is 25.5 Å². The van der Waals surface area contributed by atoms with Crippen molar-refractivity contribution in [1.29, 1.82) is 0 Å². The van der Waals surface area contributed by atoms with Crippen LogP contribution < -0.4 is 10.2 Å². The van der Waals surface area contributed by atoms with E-state index in [9.17, 15) is 4.39 Å². The molecule has 0 heterocycles. The Morgan fingerprint density at radius 2 is 1.90 bits per heavy atom. The Morgan fingerprint density at radius 1 is 1.14 bits per heavy atom. The average Bonchev–Trinajstić information content (AvgIpc) is 2.45. The Kier molecular flexibility index (Phi) is 4.97. The molecule has 1 atom stereocenters. The van der Waals surface area contributed by atoms with Gasteiger partial charge in [0.25, 0.3) is 0 Å². The zero-order valence-corrected chi connectivity index (χ0v) is 13.2. The molecule has 2 aromatic rings. The van der Waals surface area contributed by atoms with E-state index in [1.807, 2.05) is 27.1 Å². The van der Waals surface area contributed by atoms with Gasteiger partial charge in [-0.15, -0.1) is 0 Å². The molecule has 0 aliphatic rings. The molecule has 112 valence electrons. The van der Waals surface area contributed by atoms with Gasteiger partial charge in [0.2, 0.25) is 0 Å². The fourth-order valence-corrected chi connectivity index (χ4v) is 2.56. The Hall–Kier alpha value is -1.87. The van der Waals surface area contributed by atoms with Crippen molar-refractivity contribution in [1.82, 2.24) is 5.32 Å². The van der Waals surface area contributed by atoms with Crippen LogP contribution in [0, 0.1) is 12.7 Å². The van der Waals surface area contributed by atoms with Crippen LogP contribution in [0.2, 0.25) is 0 Å². The van der Waals surface area contributed by atoms with E-state index in [1.165, 1.54) is 11.6 Å².